The first-order valence-corrected chi connectivity index (χ1v) is 9.61. The average Bonchev–Trinajstić information content (AvgIpc) is 2.68. The van der Waals surface area contributed by atoms with Crippen LogP contribution in [0.3, 0.4) is 0 Å². The molecule has 0 fully saturated rings. The summed E-state index contributed by atoms with van der Waals surface area (Å²) in [5.41, 5.74) is -0.308. The Hall–Kier alpha value is -2.88. The number of alkyl halides is 3. The minimum Gasteiger partial charge on any atom is -0.456 e. The van der Waals surface area contributed by atoms with Crippen molar-refractivity contribution in [2.24, 2.45) is 0 Å². The summed E-state index contributed by atoms with van der Waals surface area (Å²) in [5, 5.41) is 4.91. The highest BCUT2D eigenvalue weighted by molar-refractivity contribution is 9.10. The first-order valence-electron chi connectivity index (χ1n) is 8.81. The third-order valence-corrected chi connectivity index (χ3v) is 4.28. The number of rotatable bonds is 8. The van der Waals surface area contributed by atoms with E-state index in [0.717, 1.165) is 16.6 Å². The molecule has 2 aromatic carbocycles. The number of carbonyl (C=O) groups excluding carboxylic acids is 3. The Morgan fingerprint density at radius 2 is 1.57 bits per heavy atom. The van der Waals surface area contributed by atoms with Gasteiger partial charge in [0.05, 0.1) is 5.56 Å². The molecule has 160 valence electrons. The third-order valence-electron chi connectivity index (χ3n) is 3.75. The lowest BCUT2D eigenvalue weighted by Crippen LogP contribution is -2.21. The molecule has 0 heterocycles. The standard InChI is InChI=1S/C20H18BrF3N2O4/c21-14-7-9-15(10-8-14)25-18(28)12-30-19(29)6-2-5-17(27)26-16-4-1-3-13(11-16)20(22,23)24/h1,3-4,7-11H,2,5-6,12H2,(H,25,28)(H,26,27). The molecule has 0 aliphatic carbocycles. The molecule has 0 saturated heterocycles. The van der Waals surface area contributed by atoms with Crippen LogP contribution in [0.1, 0.15) is 24.8 Å². The largest absolute Gasteiger partial charge is 0.456 e. The average molecular weight is 487 g/mol. The smallest absolute Gasteiger partial charge is 0.416 e. The lowest BCUT2D eigenvalue weighted by molar-refractivity contribution is -0.147. The summed E-state index contributed by atoms with van der Waals surface area (Å²) in [6.45, 7) is -0.467. The van der Waals surface area contributed by atoms with E-state index in [1.165, 1.54) is 12.1 Å². The first-order chi connectivity index (χ1) is 14.1. The van der Waals surface area contributed by atoms with Gasteiger partial charge in [0.2, 0.25) is 5.91 Å². The summed E-state index contributed by atoms with van der Waals surface area (Å²) in [4.78, 5) is 35.3. The number of esters is 1. The van der Waals surface area contributed by atoms with Gasteiger partial charge in [0, 0.05) is 28.7 Å². The van der Waals surface area contributed by atoms with Gasteiger partial charge in [-0.15, -0.1) is 0 Å². The van der Waals surface area contributed by atoms with Crippen molar-refractivity contribution >= 4 is 45.1 Å². The van der Waals surface area contributed by atoms with E-state index >= 15 is 0 Å². The van der Waals surface area contributed by atoms with Crippen molar-refractivity contribution in [3.05, 3.63) is 58.6 Å². The summed E-state index contributed by atoms with van der Waals surface area (Å²) in [5.74, 6) is -1.70. The molecule has 10 heteroatoms. The van der Waals surface area contributed by atoms with Crippen molar-refractivity contribution in [3.63, 3.8) is 0 Å². The number of amides is 2. The van der Waals surface area contributed by atoms with Gasteiger partial charge >= 0.3 is 12.1 Å². The number of carbonyl (C=O) groups is 3. The zero-order chi connectivity index (χ0) is 22.1. The molecule has 0 aliphatic rings. The van der Waals surface area contributed by atoms with Crippen LogP contribution in [0.2, 0.25) is 0 Å². The number of benzene rings is 2. The van der Waals surface area contributed by atoms with E-state index in [9.17, 15) is 27.6 Å². The molecule has 0 aromatic heterocycles. The van der Waals surface area contributed by atoms with Gasteiger partial charge in [0.25, 0.3) is 5.91 Å². The van der Waals surface area contributed by atoms with Crippen LogP contribution < -0.4 is 10.6 Å². The van der Waals surface area contributed by atoms with Crippen LogP contribution in [0, 0.1) is 0 Å². The van der Waals surface area contributed by atoms with E-state index in [2.05, 4.69) is 26.6 Å². The summed E-state index contributed by atoms with van der Waals surface area (Å²) in [6.07, 6.45) is -4.58. The van der Waals surface area contributed by atoms with Crippen molar-refractivity contribution in [2.45, 2.75) is 25.4 Å². The number of nitrogens with one attached hydrogen (secondary N) is 2. The Balaban J connectivity index is 1.67. The van der Waals surface area contributed by atoms with Crippen molar-refractivity contribution < 1.29 is 32.3 Å². The molecule has 0 aliphatic heterocycles. The predicted octanol–water partition coefficient (Wildman–Crippen LogP) is 4.76. The van der Waals surface area contributed by atoms with Crippen LogP contribution in [0.5, 0.6) is 0 Å². The minimum absolute atomic E-state index is 0.0158. The quantitative estimate of drug-likeness (QED) is 0.526. The lowest BCUT2D eigenvalue weighted by Gasteiger charge is -2.10. The summed E-state index contributed by atoms with van der Waals surface area (Å²) < 4.78 is 43.7. The molecule has 0 radical (unpaired) electrons. The number of hydrogen-bond acceptors (Lipinski definition) is 4. The first kappa shape index (κ1) is 23.4. The molecule has 0 atom stereocenters. The maximum atomic E-state index is 12.7. The zero-order valence-electron chi connectivity index (χ0n) is 15.6. The van der Waals surface area contributed by atoms with E-state index in [1.54, 1.807) is 24.3 Å². The van der Waals surface area contributed by atoms with E-state index in [1.807, 2.05) is 0 Å². The van der Waals surface area contributed by atoms with Crippen LogP contribution in [-0.2, 0) is 25.3 Å². The van der Waals surface area contributed by atoms with Crippen LogP contribution in [0.25, 0.3) is 0 Å². The molecule has 2 aromatic rings. The molecule has 30 heavy (non-hydrogen) atoms. The Labute approximate surface area is 178 Å². The van der Waals surface area contributed by atoms with Gasteiger partial charge in [-0.05, 0) is 48.9 Å². The Bertz CT molecular complexity index is 902. The van der Waals surface area contributed by atoms with E-state index < -0.39 is 36.1 Å². The van der Waals surface area contributed by atoms with Crippen molar-refractivity contribution in [1.82, 2.24) is 0 Å². The topological polar surface area (TPSA) is 84.5 Å². The molecular formula is C20H18BrF3N2O4. The Morgan fingerprint density at radius 1 is 0.900 bits per heavy atom. The monoisotopic (exact) mass is 486 g/mol. The number of halogens is 4. The summed E-state index contributed by atoms with van der Waals surface area (Å²) in [7, 11) is 0. The second kappa shape index (κ2) is 10.8. The molecule has 0 spiro atoms. The van der Waals surface area contributed by atoms with Gasteiger partial charge in [-0.25, -0.2) is 0 Å². The summed E-state index contributed by atoms with van der Waals surface area (Å²) >= 11 is 3.27. The Morgan fingerprint density at radius 3 is 2.23 bits per heavy atom. The number of ether oxygens (including phenoxy) is 1. The fourth-order valence-electron chi connectivity index (χ4n) is 2.34. The van der Waals surface area contributed by atoms with Crippen molar-refractivity contribution in [1.29, 1.82) is 0 Å². The van der Waals surface area contributed by atoms with E-state index in [4.69, 9.17) is 4.74 Å². The van der Waals surface area contributed by atoms with Crippen LogP contribution >= 0.6 is 15.9 Å². The zero-order valence-corrected chi connectivity index (χ0v) is 17.2. The van der Waals surface area contributed by atoms with Gasteiger partial charge in [-0.2, -0.15) is 13.2 Å². The minimum atomic E-state index is -4.51. The molecular weight excluding hydrogens is 469 g/mol. The fraction of sp³-hybridized carbons (Fsp3) is 0.250. The molecule has 2 amide bonds. The molecule has 0 bridgehead atoms. The van der Waals surface area contributed by atoms with Gasteiger partial charge < -0.3 is 15.4 Å². The second-order valence-corrected chi connectivity index (χ2v) is 7.11. The van der Waals surface area contributed by atoms with Crippen molar-refractivity contribution in [3.8, 4) is 0 Å². The molecule has 2 rings (SSSR count). The highest BCUT2D eigenvalue weighted by atomic mass is 79.9. The van der Waals surface area contributed by atoms with Gasteiger partial charge in [0.1, 0.15) is 0 Å². The molecule has 2 N–H and O–H groups in total. The van der Waals surface area contributed by atoms with Gasteiger partial charge in [-0.1, -0.05) is 22.0 Å². The van der Waals surface area contributed by atoms with E-state index in [-0.39, 0.29) is 24.9 Å². The molecule has 0 unspecified atom stereocenters. The van der Waals surface area contributed by atoms with Gasteiger partial charge in [-0.3, -0.25) is 14.4 Å². The van der Waals surface area contributed by atoms with Crippen LogP contribution in [0.15, 0.2) is 53.0 Å². The maximum Gasteiger partial charge on any atom is 0.416 e. The van der Waals surface area contributed by atoms with E-state index in [0.29, 0.717) is 5.69 Å². The second-order valence-electron chi connectivity index (χ2n) is 6.20. The number of hydrogen-bond donors (Lipinski definition) is 2. The fourth-order valence-corrected chi connectivity index (χ4v) is 2.60. The highest BCUT2D eigenvalue weighted by Crippen LogP contribution is 2.30. The molecule has 6 nitrogen and oxygen atoms in total. The third kappa shape index (κ3) is 8.24. The SMILES string of the molecule is O=C(CCCC(=O)OCC(=O)Nc1ccc(Br)cc1)Nc1cccc(C(F)(F)F)c1. The summed E-state index contributed by atoms with van der Waals surface area (Å²) in [6, 6.07) is 11.1. The Kier molecular flexibility index (Phi) is 8.40. The molecule has 0 saturated carbocycles. The van der Waals surface area contributed by atoms with Crippen molar-refractivity contribution in [2.75, 3.05) is 17.2 Å². The van der Waals surface area contributed by atoms with Crippen LogP contribution in [-0.4, -0.2) is 24.4 Å². The predicted molar refractivity (Wildman–Crippen MR) is 108 cm³/mol. The highest BCUT2D eigenvalue weighted by Gasteiger charge is 2.30. The normalized spacial score (nSPS) is 10.9. The lowest BCUT2D eigenvalue weighted by atomic mass is 10.2. The van der Waals surface area contributed by atoms with Gasteiger partial charge in [0.15, 0.2) is 6.61 Å². The maximum absolute atomic E-state index is 12.7. The number of anilines is 2. The van der Waals surface area contributed by atoms with Crippen LogP contribution in [0.4, 0.5) is 24.5 Å².